The zero-order valence-corrected chi connectivity index (χ0v) is 15.6. The van der Waals surface area contributed by atoms with Gasteiger partial charge in [0.15, 0.2) is 5.78 Å². The fourth-order valence-corrected chi connectivity index (χ4v) is 4.64. The summed E-state index contributed by atoms with van der Waals surface area (Å²) in [6, 6.07) is 16.7. The van der Waals surface area contributed by atoms with Gasteiger partial charge in [-0.3, -0.25) is 9.78 Å². The van der Waals surface area contributed by atoms with Crippen LogP contribution >= 0.6 is 0 Å². The topological polar surface area (TPSA) is 42.0 Å². The molecule has 134 valence electrons. The minimum absolute atomic E-state index is 0.0235. The molecule has 0 saturated carbocycles. The number of carbonyl (C=O) groups is 1. The number of allylic oxidation sites excluding steroid dienone is 1. The number of carbonyl (C=O) groups excluding carboxylic acids is 1. The summed E-state index contributed by atoms with van der Waals surface area (Å²) in [7, 11) is 0. The Hall–Kier alpha value is -2.94. The molecule has 27 heavy (non-hydrogen) atoms. The van der Waals surface area contributed by atoms with E-state index in [2.05, 4.69) is 60.5 Å². The molecule has 1 atom stereocenters. The average Bonchev–Trinajstić information content (AvgIpc) is 2.66. The summed E-state index contributed by atoms with van der Waals surface area (Å²) in [6.45, 7) is 4.39. The molecule has 1 aliphatic carbocycles. The van der Waals surface area contributed by atoms with Gasteiger partial charge in [-0.15, -0.1) is 0 Å². The highest BCUT2D eigenvalue weighted by atomic mass is 16.1. The molecule has 0 unspecified atom stereocenters. The monoisotopic (exact) mass is 354 g/mol. The second-order valence-corrected chi connectivity index (χ2v) is 8.40. The first-order valence-corrected chi connectivity index (χ1v) is 9.48. The molecule has 3 aromatic rings. The van der Waals surface area contributed by atoms with Crippen LogP contribution in [0.25, 0.3) is 16.3 Å². The van der Waals surface area contributed by atoms with Crippen LogP contribution in [0.1, 0.15) is 43.9 Å². The fourth-order valence-electron chi connectivity index (χ4n) is 4.64. The second-order valence-electron chi connectivity index (χ2n) is 8.40. The van der Waals surface area contributed by atoms with Crippen molar-refractivity contribution in [3.05, 3.63) is 77.6 Å². The number of aromatic nitrogens is 1. The maximum Gasteiger partial charge on any atom is 0.162 e. The molecule has 0 amide bonds. The van der Waals surface area contributed by atoms with E-state index in [-0.39, 0.29) is 17.2 Å². The molecular weight excluding hydrogens is 332 g/mol. The zero-order valence-electron chi connectivity index (χ0n) is 15.6. The van der Waals surface area contributed by atoms with Gasteiger partial charge in [0.25, 0.3) is 0 Å². The summed E-state index contributed by atoms with van der Waals surface area (Å²) < 4.78 is 0. The van der Waals surface area contributed by atoms with Crippen molar-refractivity contribution in [3.63, 3.8) is 0 Å². The third-order valence-corrected chi connectivity index (χ3v) is 5.78. The quantitative estimate of drug-likeness (QED) is 0.623. The van der Waals surface area contributed by atoms with Crippen LogP contribution in [0.4, 0.5) is 5.69 Å². The van der Waals surface area contributed by atoms with Crippen molar-refractivity contribution in [3.8, 4) is 0 Å². The number of nitrogens with zero attached hydrogens (tertiary/aromatic N) is 1. The molecule has 0 fully saturated rings. The first kappa shape index (κ1) is 16.2. The highest BCUT2D eigenvalue weighted by Gasteiger charge is 2.40. The minimum Gasteiger partial charge on any atom is -0.373 e. The number of ketones is 1. The highest BCUT2D eigenvalue weighted by Crippen LogP contribution is 2.51. The van der Waals surface area contributed by atoms with E-state index in [0.717, 1.165) is 23.2 Å². The third kappa shape index (κ3) is 2.57. The van der Waals surface area contributed by atoms with E-state index in [4.69, 9.17) is 0 Å². The van der Waals surface area contributed by atoms with E-state index in [0.29, 0.717) is 6.42 Å². The van der Waals surface area contributed by atoms with Gasteiger partial charge in [-0.2, -0.15) is 0 Å². The Labute approximate surface area is 159 Å². The Morgan fingerprint density at radius 1 is 1.00 bits per heavy atom. The average molecular weight is 354 g/mol. The lowest BCUT2D eigenvalue weighted by molar-refractivity contribution is -0.118. The molecule has 0 bridgehead atoms. The van der Waals surface area contributed by atoms with E-state index >= 15 is 0 Å². The molecule has 3 heteroatoms. The Balaban J connectivity index is 1.82. The van der Waals surface area contributed by atoms with Crippen LogP contribution in [0.15, 0.2) is 66.5 Å². The first-order valence-electron chi connectivity index (χ1n) is 9.48. The molecule has 2 aliphatic rings. The van der Waals surface area contributed by atoms with Crippen LogP contribution in [-0.2, 0) is 4.79 Å². The number of fused-ring (bicyclic) bond motifs is 4. The molecule has 1 aromatic heterocycles. The largest absolute Gasteiger partial charge is 0.373 e. The zero-order chi connectivity index (χ0) is 18.6. The molecule has 1 aliphatic heterocycles. The van der Waals surface area contributed by atoms with E-state index < -0.39 is 0 Å². The smallest absolute Gasteiger partial charge is 0.162 e. The van der Waals surface area contributed by atoms with Crippen molar-refractivity contribution < 1.29 is 4.79 Å². The fraction of sp³-hybridized carbons (Fsp3) is 0.250. The van der Waals surface area contributed by atoms with Gasteiger partial charge in [0.2, 0.25) is 0 Å². The summed E-state index contributed by atoms with van der Waals surface area (Å²) in [5.41, 5.74) is 5.52. The van der Waals surface area contributed by atoms with Crippen LogP contribution in [-0.4, -0.2) is 10.8 Å². The van der Waals surface area contributed by atoms with Gasteiger partial charge in [-0.25, -0.2) is 0 Å². The molecule has 5 rings (SSSR count). The standard InChI is InChI=1S/C24H22N2O/c1-24(2)13-18-21-17-6-4-3-5-15(17)7-8-19(21)26-23(22(18)20(27)14-24)16-9-11-25-12-10-16/h3-12,23,26H,13-14H2,1-2H3/t23-/m0/s1. The second kappa shape index (κ2) is 5.78. The number of benzene rings is 2. The van der Waals surface area contributed by atoms with E-state index in [1.54, 1.807) is 12.4 Å². The van der Waals surface area contributed by atoms with E-state index in [9.17, 15) is 4.79 Å². The van der Waals surface area contributed by atoms with Gasteiger partial charge < -0.3 is 5.32 Å². The van der Waals surface area contributed by atoms with Crippen LogP contribution in [0.2, 0.25) is 0 Å². The van der Waals surface area contributed by atoms with Gasteiger partial charge in [0.1, 0.15) is 0 Å². The summed E-state index contributed by atoms with van der Waals surface area (Å²) in [5.74, 6) is 0.258. The van der Waals surface area contributed by atoms with Crippen molar-refractivity contribution >= 4 is 27.8 Å². The Morgan fingerprint density at radius 3 is 2.59 bits per heavy atom. The summed E-state index contributed by atoms with van der Waals surface area (Å²) in [5, 5.41) is 6.08. The molecule has 2 aromatic carbocycles. The molecule has 3 nitrogen and oxygen atoms in total. The number of Topliss-reactive ketones (excluding diaryl/α,β-unsaturated/α-hetero) is 1. The van der Waals surface area contributed by atoms with Crippen LogP contribution in [0.5, 0.6) is 0 Å². The summed E-state index contributed by atoms with van der Waals surface area (Å²) in [4.78, 5) is 17.4. The maximum absolute atomic E-state index is 13.3. The van der Waals surface area contributed by atoms with Gasteiger partial charge in [0.05, 0.1) is 6.04 Å². The van der Waals surface area contributed by atoms with Crippen molar-refractivity contribution in [2.45, 2.75) is 32.7 Å². The number of nitrogens with one attached hydrogen (secondary N) is 1. The predicted molar refractivity (Wildman–Crippen MR) is 109 cm³/mol. The number of rotatable bonds is 1. The molecular formula is C24H22N2O. The SMILES string of the molecule is CC1(C)CC(=O)C2=C(C1)c1c(ccc3ccccc13)N[C@H]2c1ccncc1. The number of anilines is 1. The normalized spacial score (nSPS) is 20.8. The summed E-state index contributed by atoms with van der Waals surface area (Å²) in [6.07, 6.45) is 5.10. The van der Waals surface area contributed by atoms with E-state index in [1.165, 1.54) is 21.9 Å². The minimum atomic E-state index is -0.111. The van der Waals surface area contributed by atoms with Gasteiger partial charge in [-0.1, -0.05) is 44.2 Å². The Morgan fingerprint density at radius 2 is 1.78 bits per heavy atom. The van der Waals surface area contributed by atoms with Gasteiger partial charge in [-0.05, 0) is 51.9 Å². The number of hydrogen-bond acceptors (Lipinski definition) is 3. The first-order chi connectivity index (χ1) is 13.0. The lowest BCUT2D eigenvalue weighted by Gasteiger charge is -2.40. The Bertz CT molecular complexity index is 1100. The van der Waals surface area contributed by atoms with Crippen LogP contribution in [0, 0.1) is 5.41 Å². The van der Waals surface area contributed by atoms with Gasteiger partial charge in [0, 0.05) is 35.6 Å². The third-order valence-electron chi connectivity index (χ3n) is 5.78. The Kier molecular flexibility index (Phi) is 3.48. The van der Waals surface area contributed by atoms with E-state index in [1.807, 2.05) is 12.1 Å². The predicted octanol–water partition coefficient (Wildman–Crippen LogP) is 5.54. The van der Waals surface area contributed by atoms with Crippen LogP contribution < -0.4 is 5.32 Å². The lowest BCUT2D eigenvalue weighted by atomic mass is 9.68. The van der Waals surface area contributed by atoms with Crippen molar-refractivity contribution in [2.24, 2.45) is 5.41 Å². The molecule has 0 saturated heterocycles. The molecule has 0 radical (unpaired) electrons. The maximum atomic E-state index is 13.3. The van der Waals surface area contributed by atoms with Gasteiger partial charge >= 0.3 is 0 Å². The van der Waals surface area contributed by atoms with Crippen LogP contribution in [0.3, 0.4) is 0 Å². The lowest BCUT2D eigenvalue weighted by Crippen LogP contribution is -2.33. The van der Waals surface area contributed by atoms with Crippen molar-refractivity contribution in [2.75, 3.05) is 5.32 Å². The number of hydrogen-bond donors (Lipinski definition) is 1. The summed E-state index contributed by atoms with van der Waals surface area (Å²) >= 11 is 0. The molecule has 2 heterocycles. The number of pyridine rings is 1. The van der Waals surface area contributed by atoms with Crippen molar-refractivity contribution in [1.82, 2.24) is 4.98 Å². The molecule has 1 N–H and O–H groups in total. The molecule has 0 spiro atoms. The van der Waals surface area contributed by atoms with Crippen molar-refractivity contribution in [1.29, 1.82) is 0 Å². The highest BCUT2D eigenvalue weighted by molar-refractivity contribution is 6.12.